The minimum atomic E-state index is -0.927. The number of hydrogen-bond acceptors (Lipinski definition) is 2. The number of rotatable bonds is 6. The molecule has 0 saturated carbocycles. The maximum atomic E-state index is 11.9. The molecule has 0 bridgehead atoms. The Kier molecular flexibility index (Phi) is 5.55. The van der Waals surface area contributed by atoms with Gasteiger partial charge in [0.05, 0.1) is 5.56 Å². The van der Waals surface area contributed by atoms with Gasteiger partial charge >= 0.3 is 5.97 Å². The van der Waals surface area contributed by atoms with Gasteiger partial charge < -0.3 is 10.4 Å². The summed E-state index contributed by atoms with van der Waals surface area (Å²) in [4.78, 5) is 22.9. The molecule has 4 heteroatoms. The number of amides is 1. The molecule has 0 aliphatic heterocycles. The van der Waals surface area contributed by atoms with Crippen molar-refractivity contribution in [3.63, 3.8) is 0 Å². The van der Waals surface area contributed by atoms with E-state index in [0.717, 1.165) is 18.4 Å². The number of benzene rings is 1. The minimum absolute atomic E-state index is 0.0240. The number of aromatic carboxylic acids is 1. The van der Waals surface area contributed by atoms with Crippen molar-refractivity contribution in [3.05, 3.63) is 47.0 Å². The highest BCUT2D eigenvalue weighted by molar-refractivity contribution is 5.89. The Hall–Kier alpha value is -2.10. The molecule has 1 aromatic rings. The number of carbonyl (C=O) groups excluding carboxylic acids is 1. The Morgan fingerprint density at radius 1 is 1.19 bits per heavy atom. The molecule has 0 atom stereocenters. The van der Waals surface area contributed by atoms with Gasteiger partial charge in [0, 0.05) is 13.0 Å². The fraction of sp³-hybridized carbons (Fsp3) is 0.412. The van der Waals surface area contributed by atoms with Crippen LogP contribution in [0.5, 0.6) is 0 Å². The lowest BCUT2D eigenvalue weighted by molar-refractivity contribution is -0.120. The number of carboxylic acid groups (broad SMARTS) is 1. The molecule has 0 saturated heterocycles. The van der Waals surface area contributed by atoms with Gasteiger partial charge in [0.15, 0.2) is 0 Å². The van der Waals surface area contributed by atoms with Gasteiger partial charge in [-0.05, 0) is 43.7 Å². The predicted octanol–water partition coefficient (Wildman–Crippen LogP) is 2.93. The van der Waals surface area contributed by atoms with E-state index in [1.807, 2.05) is 6.07 Å². The van der Waals surface area contributed by atoms with Gasteiger partial charge in [-0.1, -0.05) is 29.8 Å². The van der Waals surface area contributed by atoms with E-state index in [4.69, 9.17) is 5.11 Å². The molecule has 112 valence electrons. The smallest absolute Gasteiger partial charge is 0.335 e. The second-order valence-corrected chi connectivity index (χ2v) is 5.35. The Morgan fingerprint density at radius 2 is 2.00 bits per heavy atom. The molecule has 4 nitrogen and oxygen atoms in total. The van der Waals surface area contributed by atoms with Crippen LogP contribution in [-0.2, 0) is 11.2 Å². The van der Waals surface area contributed by atoms with Crippen LogP contribution in [0.4, 0.5) is 0 Å². The van der Waals surface area contributed by atoms with Gasteiger partial charge in [-0.15, -0.1) is 0 Å². The van der Waals surface area contributed by atoms with Crippen LogP contribution in [0.15, 0.2) is 35.9 Å². The summed E-state index contributed by atoms with van der Waals surface area (Å²) in [6.07, 6.45) is 7.67. The summed E-state index contributed by atoms with van der Waals surface area (Å²) in [7, 11) is 0. The molecule has 1 aliphatic rings. The Balaban J connectivity index is 1.80. The predicted molar refractivity (Wildman–Crippen MR) is 81.3 cm³/mol. The molecule has 0 spiro atoms. The molecular formula is C17H21NO3. The highest BCUT2D eigenvalue weighted by Crippen LogP contribution is 2.19. The van der Waals surface area contributed by atoms with Crippen molar-refractivity contribution >= 4 is 11.9 Å². The SMILES string of the molecule is O=C(CC1=CCCCC1)NCCc1ccccc1C(=O)O. The fourth-order valence-electron chi connectivity index (χ4n) is 2.62. The molecule has 1 aromatic carbocycles. The third-order valence-corrected chi connectivity index (χ3v) is 3.74. The third-order valence-electron chi connectivity index (χ3n) is 3.74. The second kappa shape index (κ2) is 7.62. The lowest BCUT2D eigenvalue weighted by atomic mass is 9.97. The first-order valence-corrected chi connectivity index (χ1v) is 7.42. The van der Waals surface area contributed by atoms with E-state index in [-0.39, 0.29) is 5.91 Å². The summed E-state index contributed by atoms with van der Waals surface area (Å²) >= 11 is 0. The topological polar surface area (TPSA) is 66.4 Å². The van der Waals surface area contributed by atoms with Gasteiger partial charge in [0.25, 0.3) is 0 Å². The monoisotopic (exact) mass is 287 g/mol. The quantitative estimate of drug-likeness (QED) is 0.791. The van der Waals surface area contributed by atoms with Crippen molar-refractivity contribution in [3.8, 4) is 0 Å². The summed E-state index contributed by atoms with van der Waals surface area (Å²) in [5.41, 5.74) is 2.29. The summed E-state index contributed by atoms with van der Waals surface area (Å²) < 4.78 is 0. The molecule has 1 aliphatic carbocycles. The number of hydrogen-bond donors (Lipinski definition) is 2. The lowest BCUT2D eigenvalue weighted by Gasteiger charge is -2.12. The molecule has 2 N–H and O–H groups in total. The van der Waals surface area contributed by atoms with Gasteiger partial charge in [0.2, 0.25) is 5.91 Å². The first-order valence-electron chi connectivity index (χ1n) is 7.42. The number of carboxylic acids is 1. The van der Waals surface area contributed by atoms with E-state index in [0.29, 0.717) is 24.9 Å². The Labute approximate surface area is 124 Å². The van der Waals surface area contributed by atoms with Crippen molar-refractivity contribution in [2.45, 2.75) is 38.5 Å². The van der Waals surface area contributed by atoms with Crippen LogP contribution in [-0.4, -0.2) is 23.5 Å². The average molecular weight is 287 g/mol. The molecule has 0 aromatic heterocycles. The first-order chi connectivity index (χ1) is 10.2. The highest BCUT2D eigenvalue weighted by Gasteiger charge is 2.11. The molecule has 1 amide bonds. The number of carbonyl (C=O) groups is 2. The largest absolute Gasteiger partial charge is 0.478 e. The summed E-state index contributed by atoms with van der Waals surface area (Å²) in [5, 5.41) is 12.0. The molecule has 0 radical (unpaired) electrons. The Bertz CT molecular complexity index is 549. The highest BCUT2D eigenvalue weighted by atomic mass is 16.4. The fourth-order valence-corrected chi connectivity index (χ4v) is 2.62. The third kappa shape index (κ3) is 4.74. The summed E-state index contributed by atoms with van der Waals surface area (Å²) in [6.45, 7) is 0.469. The summed E-state index contributed by atoms with van der Waals surface area (Å²) in [6, 6.07) is 6.91. The van der Waals surface area contributed by atoms with E-state index < -0.39 is 5.97 Å². The molecular weight excluding hydrogens is 266 g/mol. The maximum absolute atomic E-state index is 11.9. The van der Waals surface area contributed by atoms with Crippen molar-refractivity contribution in [2.24, 2.45) is 0 Å². The van der Waals surface area contributed by atoms with Crippen LogP contribution >= 0.6 is 0 Å². The van der Waals surface area contributed by atoms with E-state index in [1.54, 1.807) is 18.2 Å². The minimum Gasteiger partial charge on any atom is -0.478 e. The van der Waals surface area contributed by atoms with Crippen LogP contribution in [0.25, 0.3) is 0 Å². The van der Waals surface area contributed by atoms with Crippen LogP contribution in [0.2, 0.25) is 0 Å². The second-order valence-electron chi connectivity index (χ2n) is 5.35. The van der Waals surface area contributed by atoms with E-state index in [2.05, 4.69) is 11.4 Å². The number of allylic oxidation sites excluding steroid dienone is 1. The molecule has 2 rings (SSSR count). The first kappa shape index (κ1) is 15.3. The maximum Gasteiger partial charge on any atom is 0.335 e. The van der Waals surface area contributed by atoms with E-state index >= 15 is 0 Å². The molecule has 0 fully saturated rings. The number of nitrogens with one attached hydrogen (secondary N) is 1. The van der Waals surface area contributed by atoms with Crippen molar-refractivity contribution in [1.82, 2.24) is 5.32 Å². The van der Waals surface area contributed by atoms with Crippen molar-refractivity contribution in [1.29, 1.82) is 0 Å². The van der Waals surface area contributed by atoms with Crippen molar-refractivity contribution < 1.29 is 14.7 Å². The average Bonchev–Trinajstić information content (AvgIpc) is 2.48. The zero-order chi connectivity index (χ0) is 15.1. The van der Waals surface area contributed by atoms with Crippen LogP contribution in [0, 0.1) is 0 Å². The normalized spacial score (nSPS) is 14.4. The standard InChI is InChI=1S/C17H21NO3/c19-16(12-13-6-2-1-3-7-13)18-11-10-14-8-4-5-9-15(14)17(20)21/h4-6,8-9H,1-3,7,10-12H2,(H,18,19)(H,20,21). The van der Waals surface area contributed by atoms with E-state index in [9.17, 15) is 9.59 Å². The van der Waals surface area contributed by atoms with Crippen molar-refractivity contribution in [2.75, 3.05) is 6.54 Å². The molecule has 0 heterocycles. The van der Waals surface area contributed by atoms with Gasteiger partial charge in [-0.3, -0.25) is 4.79 Å². The molecule has 0 unspecified atom stereocenters. The molecule has 21 heavy (non-hydrogen) atoms. The Morgan fingerprint density at radius 3 is 2.71 bits per heavy atom. The van der Waals surface area contributed by atoms with Gasteiger partial charge in [-0.2, -0.15) is 0 Å². The van der Waals surface area contributed by atoms with Crippen LogP contribution < -0.4 is 5.32 Å². The summed E-state index contributed by atoms with van der Waals surface area (Å²) in [5.74, 6) is -0.903. The van der Waals surface area contributed by atoms with Gasteiger partial charge in [0.1, 0.15) is 0 Å². The zero-order valence-electron chi connectivity index (χ0n) is 12.1. The van der Waals surface area contributed by atoms with Crippen LogP contribution in [0.3, 0.4) is 0 Å². The van der Waals surface area contributed by atoms with Crippen LogP contribution in [0.1, 0.15) is 48.0 Å². The van der Waals surface area contributed by atoms with E-state index in [1.165, 1.54) is 18.4 Å². The van der Waals surface area contributed by atoms with Gasteiger partial charge in [-0.25, -0.2) is 4.79 Å². The lowest BCUT2D eigenvalue weighted by Crippen LogP contribution is -2.26. The zero-order valence-corrected chi connectivity index (χ0v) is 12.1.